The van der Waals surface area contributed by atoms with Gasteiger partial charge in [-0.25, -0.2) is 12.8 Å². The smallest absolute Gasteiger partial charge is 0.219 e. The Balaban J connectivity index is 1.48. The van der Waals surface area contributed by atoms with E-state index in [2.05, 4.69) is 4.90 Å². The van der Waals surface area contributed by atoms with Crippen molar-refractivity contribution in [1.82, 2.24) is 9.21 Å². The van der Waals surface area contributed by atoms with Crippen LogP contribution in [0.5, 0.6) is 0 Å². The zero-order valence-corrected chi connectivity index (χ0v) is 17.1. The van der Waals surface area contributed by atoms with E-state index in [9.17, 15) is 17.6 Å². The average molecular weight is 410 g/mol. The quantitative estimate of drug-likeness (QED) is 0.768. The van der Waals surface area contributed by atoms with Crippen LogP contribution < -0.4 is 4.90 Å². The standard InChI is InChI=1S/C20H28FN3O3S/c1-15(25)22-8-10-23(11-9-22)18-6-5-17(19(21)13-18)14-24-20-4-2-3-16(20)7-12-28(24,26)27/h5-6,13,16,20H,2-4,7-12,14H2,1H3. The summed E-state index contributed by atoms with van der Waals surface area (Å²) in [4.78, 5) is 15.3. The summed E-state index contributed by atoms with van der Waals surface area (Å²) in [5, 5.41) is 0. The van der Waals surface area contributed by atoms with Gasteiger partial charge in [-0.1, -0.05) is 12.5 Å². The first-order valence-electron chi connectivity index (χ1n) is 10.1. The Morgan fingerprint density at radius 2 is 1.89 bits per heavy atom. The van der Waals surface area contributed by atoms with E-state index in [1.165, 1.54) is 6.07 Å². The second kappa shape index (κ2) is 7.63. The fraction of sp³-hybridized carbons (Fsp3) is 0.650. The molecule has 2 aliphatic heterocycles. The van der Waals surface area contributed by atoms with Crippen LogP contribution in [-0.4, -0.2) is 61.5 Å². The van der Waals surface area contributed by atoms with E-state index in [1.807, 2.05) is 6.07 Å². The molecule has 6 nitrogen and oxygen atoms in total. The Kier molecular flexibility index (Phi) is 5.35. The minimum Gasteiger partial charge on any atom is -0.368 e. The van der Waals surface area contributed by atoms with Crippen molar-refractivity contribution >= 4 is 21.6 Å². The third kappa shape index (κ3) is 3.76. The largest absolute Gasteiger partial charge is 0.368 e. The van der Waals surface area contributed by atoms with Gasteiger partial charge in [0.15, 0.2) is 0 Å². The van der Waals surface area contributed by atoms with Crippen molar-refractivity contribution in [2.24, 2.45) is 5.92 Å². The van der Waals surface area contributed by atoms with Crippen LogP contribution in [0.1, 0.15) is 38.2 Å². The SMILES string of the molecule is CC(=O)N1CCN(c2ccc(CN3C4CCCC4CCS3(=O)=O)c(F)c2)CC1. The number of sulfonamides is 1. The van der Waals surface area contributed by atoms with Crippen LogP contribution in [0.3, 0.4) is 0 Å². The van der Waals surface area contributed by atoms with Gasteiger partial charge in [0.1, 0.15) is 5.82 Å². The van der Waals surface area contributed by atoms with Gasteiger partial charge in [0.25, 0.3) is 0 Å². The number of benzene rings is 1. The summed E-state index contributed by atoms with van der Waals surface area (Å²) in [6.45, 7) is 4.29. The molecule has 154 valence electrons. The minimum atomic E-state index is -3.32. The molecule has 0 aromatic heterocycles. The van der Waals surface area contributed by atoms with Crippen LogP contribution >= 0.6 is 0 Å². The number of hydrogen-bond donors (Lipinski definition) is 0. The molecule has 1 aliphatic carbocycles. The summed E-state index contributed by atoms with van der Waals surface area (Å²) < 4.78 is 41.6. The normalized spacial score (nSPS) is 27.6. The van der Waals surface area contributed by atoms with Crippen molar-refractivity contribution in [3.63, 3.8) is 0 Å². The molecular weight excluding hydrogens is 381 g/mol. The van der Waals surface area contributed by atoms with Gasteiger partial charge in [0, 0.05) is 56.9 Å². The Morgan fingerprint density at radius 3 is 2.57 bits per heavy atom. The number of nitrogens with zero attached hydrogens (tertiary/aromatic N) is 3. The highest BCUT2D eigenvalue weighted by atomic mass is 32.2. The summed E-state index contributed by atoms with van der Waals surface area (Å²) in [6.07, 6.45) is 3.74. The highest BCUT2D eigenvalue weighted by molar-refractivity contribution is 7.89. The van der Waals surface area contributed by atoms with E-state index in [1.54, 1.807) is 22.2 Å². The number of piperazine rings is 1. The van der Waals surface area contributed by atoms with Crippen molar-refractivity contribution < 1.29 is 17.6 Å². The Hall–Kier alpha value is -1.67. The lowest BCUT2D eigenvalue weighted by Gasteiger charge is -2.37. The molecule has 3 fully saturated rings. The molecule has 2 atom stereocenters. The van der Waals surface area contributed by atoms with Crippen molar-refractivity contribution in [3.8, 4) is 0 Å². The zero-order chi connectivity index (χ0) is 19.9. The molecule has 0 spiro atoms. The lowest BCUT2D eigenvalue weighted by molar-refractivity contribution is -0.129. The maximum atomic E-state index is 14.8. The van der Waals surface area contributed by atoms with Crippen molar-refractivity contribution in [2.75, 3.05) is 36.8 Å². The molecule has 3 aliphatic rings. The highest BCUT2D eigenvalue weighted by Gasteiger charge is 2.42. The number of carbonyl (C=O) groups excluding carboxylic acids is 1. The van der Waals surface area contributed by atoms with Gasteiger partial charge in [0.2, 0.25) is 15.9 Å². The van der Waals surface area contributed by atoms with Crippen LogP contribution in [0, 0.1) is 11.7 Å². The molecule has 1 aromatic rings. The molecular formula is C20H28FN3O3S. The number of anilines is 1. The molecule has 1 saturated carbocycles. The molecule has 0 bridgehead atoms. The number of hydrogen-bond acceptors (Lipinski definition) is 4. The van der Waals surface area contributed by atoms with Crippen LogP contribution in [0.25, 0.3) is 0 Å². The fourth-order valence-electron chi connectivity index (χ4n) is 4.88. The number of halogens is 1. The summed E-state index contributed by atoms with van der Waals surface area (Å²) >= 11 is 0. The molecule has 2 unspecified atom stereocenters. The zero-order valence-electron chi connectivity index (χ0n) is 16.3. The van der Waals surface area contributed by atoms with E-state index in [0.29, 0.717) is 37.7 Å². The van der Waals surface area contributed by atoms with E-state index in [0.717, 1.165) is 31.4 Å². The van der Waals surface area contributed by atoms with Gasteiger partial charge in [-0.05, 0) is 37.3 Å². The van der Waals surface area contributed by atoms with Gasteiger partial charge < -0.3 is 9.80 Å². The minimum absolute atomic E-state index is 0.0254. The van der Waals surface area contributed by atoms with Gasteiger partial charge in [-0.2, -0.15) is 4.31 Å². The van der Waals surface area contributed by atoms with Gasteiger partial charge in [0.05, 0.1) is 5.75 Å². The maximum absolute atomic E-state index is 14.8. The van der Waals surface area contributed by atoms with Gasteiger partial charge in [-0.3, -0.25) is 4.79 Å². The van der Waals surface area contributed by atoms with Crippen molar-refractivity contribution in [3.05, 3.63) is 29.6 Å². The maximum Gasteiger partial charge on any atom is 0.219 e. The first-order valence-corrected chi connectivity index (χ1v) is 11.7. The van der Waals surface area contributed by atoms with Gasteiger partial charge >= 0.3 is 0 Å². The van der Waals surface area contributed by atoms with Crippen LogP contribution in [0.15, 0.2) is 18.2 Å². The van der Waals surface area contributed by atoms with E-state index in [-0.39, 0.29) is 30.1 Å². The van der Waals surface area contributed by atoms with E-state index < -0.39 is 10.0 Å². The third-order valence-corrected chi connectivity index (χ3v) is 8.41. The van der Waals surface area contributed by atoms with Crippen LogP contribution in [0.4, 0.5) is 10.1 Å². The average Bonchev–Trinajstić information content (AvgIpc) is 3.14. The Morgan fingerprint density at radius 1 is 1.14 bits per heavy atom. The second-order valence-electron chi connectivity index (χ2n) is 8.18. The highest BCUT2D eigenvalue weighted by Crippen LogP contribution is 2.39. The first-order chi connectivity index (χ1) is 13.3. The predicted octanol–water partition coefficient (Wildman–Crippen LogP) is 2.20. The summed E-state index contributed by atoms with van der Waals surface area (Å²) in [7, 11) is -3.32. The van der Waals surface area contributed by atoms with Crippen LogP contribution in [0.2, 0.25) is 0 Å². The number of amides is 1. The summed E-state index contributed by atoms with van der Waals surface area (Å²) in [5.74, 6) is 0.299. The third-order valence-electron chi connectivity index (χ3n) is 6.55. The predicted molar refractivity (Wildman–Crippen MR) is 106 cm³/mol. The number of fused-ring (bicyclic) bond motifs is 1. The molecule has 4 rings (SSSR count). The lowest BCUT2D eigenvalue weighted by Crippen LogP contribution is -2.48. The Labute approximate surface area is 166 Å². The topological polar surface area (TPSA) is 60.9 Å². The molecule has 8 heteroatoms. The van der Waals surface area contributed by atoms with E-state index in [4.69, 9.17) is 0 Å². The second-order valence-corrected chi connectivity index (χ2v) is 10.2. The number of carbonyl (C=O) groups is 1. The molecule has 0 radical (unpaired) electrons. The molecule has 1 amide bonds. The number of rotatable bonds is 3. The fourth-order valence-corrected chi connectivity index (χ4v) is 6.74. The van der Waals surface area contributed by atoms with Crippen LogP contribution in [-0.2, 0) is 21.4 Å². The van der Waals surface area contributed by atoms with Crippen molar-refractivity contribution in [1.29, 1.82) is 0 Å². The Bertz CT molecular complexity index is 852. The summed E-state index contributed by atoms with van der Waals surface area (Å²) in [6, 6.07) is 5.11. The molecule has 2 saturated heterocycles. The van der Waals surface area contributed by atoms with Gasteiger partial charge in [-0.15, -0.1) is 0 Å². The monoisotopic (exact) mass is 409 g/mol. The molecule has 2 heterocycles. The molecule has 0 N–H and O–H groups in total. The molecule has 1 aromatic carbocycles. The molecule has 28 heavy (non-hydrogen) atoms. The van der Waals surface area contributed by atoms with Crippen molar-refractivity contribution in [2.45, 2.75) is 45.2 Å². The first kappa shape index (κ1) is 19.6. The summed E-state index contributed by atoms with van der Waals surface area (Å²) in [5.41, 5.74) is 1.21. The lowest BCUT2D eigenvalue weighted by atomic mass is 10.00. The van der Waals surface area contributed by atoms with E-state index >= 15 is 0 Å².